The molecule has 3 aromatic rings. The van der Waals surface area contributed by atoms with E-state index in [4.69, 9.17) is 0 Å². The summed E-state index contributed by atoms with van der Waals surface area (Å²) < 4.78 is 4.45. The van der Waals surface area contributed by atoms with E-state index in [1.807, 2.05) is 52.1 Å². The third-order valence-electron chi connectivity index (χ3n) is 4.00. The molecule has 0 saturated carbocycles. The molecular weight excluding hydrogens is 417 g/mol. The van der Waals surface area contributed by atoms with Gasteiger partial charge >= 0.3 is 0 Å². The smallest absolute Gasteiger partial charge is 0.280 e. The maximum atomic E-state index is 12.7. The fraction of sp³-hybridized carbons (Fsp3) is 0.235. The minimum absolute atomic E-state index is 0.114. The molecular formula is C17H18IN5O. The average Bonchev–Trinajstić information content (AvgIpc) is 2.95. The van der Waals surface area contributed by atoms with E-state index >= 15 is 0 Å². The van der Waals surface area contributed by atoms with Crippen molar-refractivity contribution >= 4 is 34.5 Å². The molecule has 0 fully saturated rings. The van der Waals surface area contributed by atoms with Crippen LogP contribution in [0.2, 0.25) is 0 Å². The van der Waals surface area contributed by atoms with Crippen LogP contribution in [0.3, 0.4) is 0 Å². The molecule has 2 aromatic heterocycles. The molecule has 0 aliphatic rings. The van der Waals surface area contributed by atoms with Gasteiger partial charge in [0.25, 0.3) is 5.56 Å². The fourth-order valence-corrected chi connectivity index (χ4v) is 2.92. The lowest BCUT2D eigenvalue weighted by Crippen LogP contribution is -2.17. The molecule has 24 heavy (non-hydrogen) atoms. The summed E-state index contributed by atoms with van der Waals surface area (Å²) in [5.74, 6) is 0. The Hall–Kier alpha value is -2.16. The van der Waals surface area contributed by atoms with E-state index in [0.717, 1.165) is 32.0 Å². The Balaban J connectivity index is 2.02. The molecule has 7 heteroatoms. The Morgan fingerprint density at radius 3 is 2.46 bits per heavy atom. The third kappa shape index (κ3) is 2.95. The van der Waals surface area contributed by atoms with Gasteiger partial charge < -0.3 is 0 Å². The van der Waals surface area contributed by atoms with Gasteiger partial charge in [-0.15, -0.1) is 0 Å². The first-order valence-corrected chi connectivity index (χ1v) is 8.58. The van der Waals surface area contributed by atoms with Crippen LogP contribution in [0.15, 0.2) is 34.1 Å². The van der Waals surface area contributed by atoms with E-state index in [2.05, 4.69) is 37.8 Å². The summed E-state index contributed by atoms with van der Waals surface area (Å²) in [4.78, 5) is 17.2. The van der Waals surface area contributed by atoms with Gasteiger partial charge in [-0.05, 0) is 67.6 Å². The highest BCUT2D eigenvalue weighted by molar-refractivity contribution is 14.1. The molecule has 0 amide bonds. The number of aromatic amines is 1. The van der Waals surface area contributed by atoms with Gasteiger partial charge in [0.2, 0.25) is 0 Å². The number of H-pyrrole nitrogens is 1. The maximum Gasteiger partial charge on any atom is 0.280 e. The van der Waals surface area contributed by atoms with Crippen molar-refractivity contribution in [1.29, 1.82) is 0 Å². The summed E-state index contributed by atoms with van der Waals surface area (Å²) in [6.07, 6.45) is 1.62. The van der Waals surface area contributed by atoms with E-state index in [9.17, 15) is 4.79 Å². The Morgan fingerprint density at radius 1 is 1.21 bits per heavy atom. The van der Waals surface area contributed by atoms with E-state index in [1.54, 1.807) is 10.9 Å². The topological polar surface area (TPSA) is 68.0 Å². The number of nitrogens with one attached hydrogen (secondary N) is 1. The Morgan fingerprint density at radius 2 is 1.88 bits per heavy atom. The highest BCUT2D eigenvalue weighted by atomic mass is 127. The molecule has 0 radical (unpaired) electrons. The normalized spacial score (nSPS) is 11.5. The summed E-state index contributed by atoms with van der Waals surface area (Å²) in [6.45, 7) is 5.74. The largest absolute Gasteiger partial charge is 0.295 e. The SMILES string of the molecule is Cc1nn(C)c(C)c1N=Cc1c(C)[nH]n(-c2ccc(I)cc2)c1=O. The molecule has 0 spiro atoms. The van der Waals surface area contributed by atoms with Gasteiger partial charge in [0.1, 0.15) is 5.69 Å². The van der Waals surface area contributed by atoms with Crippen LogP contribution in [-0.4, -0.2) is 25.8 Å². The van der Waals surface area contributed by atoms with Gasteiger partial charge in [-0.25, -0.2) is 4.68 Å². The average molecular weight is 435 g/mol. The van der Waals surface area contributed by atoms with Crippen LogP contribution in [0.4, 0.5) is 5.69 Å². The monoisotopic (exact) mass is 435 g/mol. The number of benzene rings is 1. The van der Waals surface area contributed by atoms with Gasteiger partial charge in [0.05, 0.1) is 22.6 Å². The molecule has 6 nitrogen and oxygen atoms in total. The number of aryl methyl sites for hydroxylation is 3. The van der Waals surface area contributed by atoms with Crippen molar-refractivity contribution in [2.24, 2.45) is 12.0 Å². The zero-order chi connectivity index (χ0) is 17.4. The van der Waals surface area contributed by atoms with Crippen molar-refractivity contribution in [1.82, 2.24) is 19.6 Å². The third-order valence-corrected chi connectivity index (χ3v) is 4.71. The number of aromatic nitrogens is 4. The van der Waals surface area contributed by atoms with Crippen LogP contribution in [0.25, 0.3) is 5.69 Å². The lowest BCUT2D eigenvalue weighted by atomic mass is 10.2. The molecule has 0 atom stereocenters. The first-order valence-electron chi connectivity index (χ1n) is 7.50. The number of rotatable bonds is 3. The second-order valence-corrected chi connectivity index (χ2v) is 6.91. The van der Waals surface area contributed by atoms with Crippen LogP contribution in [0.5, 0.6) is 0 Å². The Bertz CT molecular complexity index is 976. The molecule has 1 N–H and O–H groups in total. The molecule has 0 aliphatic carbocycles. The number of aliphatic imine (C=N–C) groups is 1. The Labute approximate surface area is 153 Å². The summed E-state index contributed by atoms with van der Waals surface area (Å²) >= 11 is 2.24. The van der Waals surface area contributed by atoms with Gasteiger partial charge in [-0.2, -0.15) is 5.10 Å². The molecule has 3 rings (SSSR count). The van der Waals surface area contributed by atoms with Crippen LogP contribution < -0.4 is 5.56 Å². The van der Waals surface area contributed by atoms with E-state index < -0.39 is 0 Å². The van der Waals surface area contributed by atoms with Crippen molar-refractivity contribution in [3.63, 3.8) is 0 Å². The summed E-state index contributed by atoms with van der Waals surface area (Å²) in [6, 6.07) is 7.76. The van der Waals surface area contributed by atoms with Crippen molar-refractivity contribution in [2.45, 2.75) is 20.8 Å². The summed E-state index contributed by atoms with van der Waals surface area (Å²) in [5, 5.41) is 7.45. The first-order chi connectivity index (χ1) is 11.4. The molecule has 1 aromatic carbocycles. The second kappa shape index (κ2) is 6.39. The van der Waals surface area contributed by atoms with Gasteiger partial charge in [0, 0.05) is 22.5 Å². The van der Waals surface area contributed by atoms with E-state index in [1.165, 1.54) is 4.68 Å². The minimum Gasteiger partial charge on any atom is -0.295 e. The quantitative estimate of drug-likeness (QED) is 0.507. The molecule has 0 bridgehead atoms. The summed E-state index contributed by atoms with van der Waals surface area (Å²) in [7, 11) is 1.88. The highest BCUT2D eigenvalue weighted by Gasteiger charge is 2.12. The van der Waals surface area contributed by atoms with Gasteiger partial charge in [-0.1, -0.05) is 0 Å². The van der Waals surface area contributed by atoms with Gasteiger partial charge in [-0.3, -0.25) is 19.6 Å². The predicted molar refractivity (Wildman–Crippen MR) is 104 cm³/mol. The number of nitrogens with zero attached hydrogens (tertiary/aromatic N) is 4. The molecule has 0 unspecified atom stereocenters. The minimum atomic E-state index is -0.114. The first kappa shape index (κ1) is 16.7. The lowest BCUT2D eigenvalue weighted by Gasteiger charge is -2.00. The number of halogens is 1. The highest BCUT2D eigenvalue weighted by Crippen LogP contribution is 2.21. The van der Waals surface area contributed by atoms with Crippen molar-refractivity contribution in [3.05, 3.63) is 60.8 Å². The Kier molecular flexibility index (Phi) is 4.44. The van der Waals surface area contributed by atoms with Crippen LogP contribution in [0.1, 0.15) is 22.6 Å². The molecule has 0 aliphatic heterocycles. The lowest BCUT2D eigenvalue weighted by molar-refractivity contribution is 0.731. The standard InChI is InChI=1S/C17H18IN5O/c1-10-15(9-19-16-11(2)20-22(4)12(16)3)17(24)23(21-10)14-7-5-13(18)6-8-14/h5-9,21H,1-4H3. The predicted octanol–water partition coefficient (Wildman–Crippen LogP) is 3.18. The number of hydrogen-bond acceptors (Lipinski definition) is 3. The molecule has 2 heterocycles. The fourth-order valence-electron chi connectivity index (χ4n) is 2.56. The van der Waals surface area contributed by atoms with Crippen molar-refractivity contribution < 1.29 is 0 Å². The molecule has 124 valence electrons. The second-order valence-electron chi connectivity index (χ2n) is 5.67. The number of hydrogen-bond donors (Lipinski definition) is 1. The zero-order valence-corrected chi connectivity index (χ0v) is 16.1. The van der Waals surface area contributed by atoms with Crippen molar-refractivity contribution in [3.8, 4) is 5.69 Å². The van der Waals surface area contributed by atoms with E-state index in [0.29, 0.717) is 5.56 Å². The van der Waals surface area contributed by atoms with Crippen molar-refractivity contribution in [2.75, 3.05) is 0 Å². The van der Waals surface area contributed by atoms with Crippen LogP contribution in [-0.2, 0) is 7.05 Å². The van der Waals surface area contributed by atoms with Crippen LogP contribution >= 0.6 is 22.6 Å². The van der Waals surface area contributed by atoms with E-state index in [-0.39, 0.29) is 5.56 Å². The molecule has 0 saturated heterocycles. The van der Waals surface area contributed by atoms with Crippen LogP contribution in [0, 0.1) is 24.3 Å². The maximum absolute atomic E-state index is 12.7. The zero-order valence-electron chi connectivity index (χ0n) is 14.0. The van der Waals surface area contributed by atoms with Gasteiger partial charge in [0.15, 0.2) is 0 Å². The summed E-state index contributed by atoms with van der Waals surface area (Å²) in [5.41, 5.74) is 4.64.